The molecule has 66 valence electrons. The minimum Gasteiger partial charge on any atom is -0.398 e. The number of aromatic amines is 1. The zero-order chi connectivity index (χ0) is 9.26. The molecular weight excluding hydrogens is 162 g/mol. The average Bonchev–Trinajstić information content (AvgIpc) is 2.62. The molecule has 0 fully saturated rings. The number of nitrogens with one attached hydrogen (secondary N) is 1. The van der Waals surface area contributed by atoms with Gasteiger partial charge in [0.2, 0.25) is 0 Å². The van der Waals surface area contributed by atoms with Crippen LogP contribution in [0.15, 0.2) is 30.5 Å². The largest absolute Gasteiger partial charge is 0.398 e. The molecular formula is C10H11N3. The molecule has 1 aromatic heterocycles. The third-order valence-corrected chi connectivity index (χ3v) is 2.17. The third kappa shape index (κ3) is 1.28. The van der Waals surface area contributed by atoms with Crippen molar-refractivity contribution in [1.82, 2.24) is 10.2 Å². The molecule has 0 bridgehead atoms. The van der Waals surface area contributed by atoms with Crippen LogP contribution in [0.1, 0.15) is 5.56 Å². The van der Waals surface area contributed by atoms with Gasteiger partial charge in [0.05, 0.1) is 5.69 Å². The van der Waals surface area contributed by atoms with Gasteiger partial charge in [0, 0.05) is 17.4 Å². The van der Waals surface area contributed by atoms with Gasteiger partial charge in [-0.05, 0) is 24.6 Å². The molecule has 0 saturated heterocycles. The van der Waals surface area contributed by atoms with Crippen molar-refractivity contribution >= 4 is 5.69 Å². The number of nitrogen functional groups attached to an aromatic ring is 1. The topological polar surface area (TPSA) is 54.7 Å². The Morgan fingerprint density at radius 2 is 2.15 bits per heavy atom. The predicted molar refractivity (Wildman–Crippen MR) is 53.2 cm³/mol. The van der Waals surface area contributed by atoms with E-state index in [4.69, 9.17) is 5.73 Å². The normalized spacial score (nSPS) is 10.2. The Morgan fingerprint density at radius 1 is 1.31 bits per heavy atom. The zero-order valence-corrected chi connectivity index (χ0v) is 7.41. The molecule has 3 N–H and O–H groups in total. The van der Waals surface area contributed by atoms with Crippen LogP contribution in [-0.4, -0.2) is 10.2 Å². The lowest BCUT2D eigenvalue weighted by atomic mass is 10.0. The molecule has 0 aliphatic heterocycles. The number of anilines is 1. The standard InChI is InChI=1S/C10H11N3/c1-7-8(3-2-4-9(7)11)10-5-6-12-13-10/h2-6H,11H2,1H3,(H,12,13). The SMILES string of the molecule is Cc1c(N)cccc1-c1ccn[nH]1. The second kappa shape index (κ2) is 2.94. The first-order valence-electron chi connectivity index (χ1n) is 4.14. The fraction of sp³-hybridized carbons (Fsp3) is 0.100. The van der Waals surface area contributed by atoms with E-state index in [1.807, 2.05) is 31.2 Å². The maximum absolute atomic E-state index is 5.79. The molecule has 3 nitrogen and oxygen atoms in total. The Kier molecular flexibility index (Phi) is 1.77. The van der Waals surface area contributed by atoms with E-state index in [0.717, 1.165) is 22.5 Å². The Bertz CT molecular complexity index is 404. The van der Waals surface area contributed by atoms with Gasteiger partial charge in [-0.3, -0.25) is 5.10 Å². The van der Waals surface area contributed by atoms with Gasteiger partial charge in [-0.1, -0.05) is 12.1 Å². The highest BCUT2D eigenvalue weighted by molar-refractivity contribution is 5.69. The van der Waals surface area contributed by atoms with E-state index in [1.165, 1.54) is 0 Å². The summed E-state index contributed by atoms with van der Waals surface area (Å²) in [6.45, 7) is 2.01. The van der Waals surface area contributed by atoms with Crippen LogP contribution >= 0.6 is 0 Å². The highest BCUT2D eigenvalue weighted by Crippen LogP contribution is 2.24. The van der Waals surface area contributed by atoms with Crippen molar-refractivity contribution in [3.05, 3.63) is 36.0 Å². The molecule has 0 spiro atoms. The fourth-order valence-corrected chi connectivity index (χ4v) is 1.35. The van der Waals surface area contributed by atoms with Gasteiger partial charge in [0.25, 0.3) is 0 Å². The Labute approximate surface area is 76.6 Å². The second-order valence-electron chi connectivity index (χ2n) is 2.99. The smallest absolute Gasteiger partial charge is 0.0653 e. The lowest BCUT2D eigenvalue weighted by Gasteiger charge is -2.05. The number of nitrogens with zero attached hydrogens (tertiary/aromatic N) is 1. The highest BCUT2D eigenvalue weighted by Gasteiger charge is 2.03. The number of rotatable bonds is 1. The maximum Gasteiger partial charge on any atom is 0.0653 e. The van der Waals surface area contributed by atoms with Gasteiger partial charge in [-0.25, -0.2) is 0 Å². The molecule has 0 saturated carbocycles. The van der Waals surface area contributed by atoms with Gasteiger partial charge < -0.3 is 5.73 Å². The molecule has 0 aliphatic carbocycles. The number of benzene rings is 1. The van der Waals surface area contributed by atoms with E-state index >= 15 is 0 Å². The lowest BCUT2D eigenvalue weighted by Crippen LogP contribution is -1.91. The fourth-order valence-electron chi connectivity index (χ4n) is 1.35. The van der Waals surface area contributed by atoms with Crippen LogP contribution in [0.2, 0.25) is 0 Å². The Balaban J connectivity index is 2.59. The quantitative estimate of drug-likeness (QED) is 0.648. The Hall–Kier alpha value is -1.77. The van der Waals surface area contributed by atoms with Crippen LogP contribution in [0.5, 0.6) is 0 Å². The first-order chi connectivity index (χ1) is 6.29. The van der Waals surface area contributed by atoms with Crippen molar-refractivity contribution in [2.75, 3.05) is 5.73 Å². The van der Waals surface area contributed by atoms with Gasteiger partial charge in [0.15, 0.2) is 0 Å². The van der Waals surface area contributed by atoms with Crippen LogP contribution in [0, 0.1) is 6.92 Å². The van der Waals surface area contributed by atoms with Crippen LogP contribution in [0.3, 0.4) is 0 Å². The molecule has 0 aliphatic rings. The summed E-state index contributed by atoms with van der Waals surface area (Å²) < 4.78 is 0. The lowest BCUT2D eigenvalue weighted by molar-refractivity contribution is 1.09. The van der Waals surface area contributed by atoms with E-state index in [9.17, 15) is 0 Å². The third-order valence-electron chi connectivity index (χ3n) is 2.17. The van der Waals surface area contributed by atoms with Crippen molar-refractivity contribution in [1.29, 1.82) is 0 Å². The summed E-state index contributed by atoms with van der Waals surface area (Å²) in [6, 6.07) is 7.80. The van der Waals surface area contributed by atoms with E-state index in [0.29, 0.717) is 0 Å². The molecule has 0 radical (unpaired) electrons. The number of nitrogens with two attached hydrogens (primary N) is 1. The van der Waals surface area contributed by atoms with Crippen molar-refractivity contribution in [2.24, 2.45) is 0 Å². The van der Waals surface area contributed by atoms with Gasteiger partial charge in [0.1, 0.15) is 0 Å². The molecule has 3 heteroatoms. The van der Waals surface area contributed by atoms with Crippen LogP contribution in [-0.2, 0) is 0 Å². The first-order valence-corrected chi connectivity index (χ1v) is 4.14. The monoisotopic (exact) mass is 173 g/mol. The predicted octanol–water partition coefficient (Wildman–Crippen LogP) is 1.97. The highest BCUT2D eigenvalue weighted by atomic mass is 15.1. The summed E-state index contributed by atoms with van der Waals surface area (Å²) in [7, 11) is 0. The Morgan fingerprint density at radius 3 is 2.85 bits per heavy atom. The van der Waals surface area contributed by atoms with Crippen molar-refractivity contribution in [2.45, 2.75) is 6.92 Å². The van der Waals surface area contributed by atoms with Crippen LogP contribution < -0.4 is 5.73 Å². The van der Waals surface area contributed by atoms with Crippen LogP contribution in [0.25, 0.3) is 11.3 Å². The number of hydrogen-bond donors (Lipinski definition) is 2. The van der Waals surface area contributed by atoms with Crippen molar-refractivity contribution in [3.63, 3.8) is 0 Å². The summed E-state index contributed by atoms with van der Waals surface area (Å²) >= 11 is 0. The minimum absolute atomic E-state index is 0.812. The summed E-state index contributed by atoms with van der Waals surface area (Å²) in [5.41, 5.74) is 9.81. The molecule has 13 heavy (non-hydrogen) atoms. The molecule has 0 unspecified atom stereocenters. The van der Waals surface area contributed by atoms with Crippen LogP contribution in [0.4, 0.5) is 5.69 Å². The molecule has 2 rings (SSSR count). The van der Waals surface area contributed by atoms with Gasteiger partial charge in [-0.15, -0.1) is 0 Å². The summed E-state index contributed by atoms with van der Waals surface area (Å²) in [5.74, 6) is 0. The zero-order valence-electron chi connectivity index (χ0n) is 7.41. The second-order valence-corrected chi connectivity index (χ2v) is 2.99. The minimum atomic E-state index is 0.812. The number of H-pyrrole nitrogens is 1. The number of aromatic nitrogens is 2. The first kappa shape index (κ1) is 7.86. The van der Waals surface area contributed by atoms with E-state index < -0.39 is 0 Å². The number of hydrogen-bond acceptors (Lipinski definition) is 2. The van der Waals surface area contributed by atoms with Crippen molar-refractivity contribution < 1.29 is 0 Å². The molecule has 0 amide bonds. The average molecular weight is 173 g/mol. The summed E-state index contributed by atoms with van der Waals surface area (Å²) in [5, 5.41) is 6.82. The van der Waals surface area contributed by atoms with E-state index in [1.54, 1.807) is 6.20 Å². The van der Waals surface area contributed by atoms with Gasteiger partial charge in [-0.2, -0.15) is 5.10 Å². The maximum atomic E-state index is 5.79. The molecule has 0 atom stereocenters. The molecule has 1 heterocycles. The molecule has 2 aromatic rings. The van der Waals surface area contributed by atoms with E-state index in [-0.39, 0.29) is 0 Å². The molecule has 1 aromatic carbocycles. The summed E-state index contributed by atoms with van der Waals surface area (Å²) in [6.07, 6.45) is 1.73. The van der Waals surface area contributed by atoms with E-state index in [2.05, 4.69) is 10.2 Å². The van der Waals surface area contributed by atoms with Gasteiger partial charge >= 0.3 is 0 Å². The summed E-state index contributed by atoms with van der Waals surface area (Å²) in [4.78, 5) is 0. The van der Waals surface area contributed by atoms with Crippen molar-refractivity contribution in [3.8, 4) is 11.3 Å².